The van der Waals surface area contributed by atoms with Gasteiger partial charge in [0.15, 0.2) is 5.78 Å². The molecule has 76 valence electrons. The largest absolute Gasteiger partial charge is 0.384 e. The van der Waals surface area contributed by atoms with Crippen LogP contribution in [0.2, 0.25) is 5.02 Å². The number of methoxy groups -OCH3 is 1. The lowest BCUT2D eigenvalue weighted by Gasteiger charge is -2.02. The highest BCUT2D eigenvalue weighted by Gasteiger charge is 2.10. The van der Waals surface area contributed by atoms with Gasteiger partial charge in [-0.05, 0) is 18.2 Å². The maximum Gasteiger partial charge on any atom is 0.166 e. The van der Waals surface area contributed by atoms with E-state index in [1.54, 1.807) is 0 Å². The Kier molecular flexibility index (Phi) is 4.04. The Morgan fingerprint density at radius 1 is 1.57 bits per heavy atom. The molecule has 0 aromatic heterocycles. The number of ketones is 1. The Hall–Kier alpha value is -0.930. The van der Waals surface area contributed by atoms with Crippen LogP contribution in [-0.2, 0) is 4.74 Å². The van der Waals surface area contributed by atoms with E-state index in [0.717, 1.165) is 6.07 Å². The van der Waals surface area contributed by atoms with Gasteiger partial charge >= 0.3 is 0 Å². The van der Waals surface area contributed by atoms with Crippen LogP contribution in [0.25, 0.3) is 0 Å². The van der Waals surface area contributed by atoms with Crippen LogP contribution in [0.3, 0.4) is 0 Å². The van der Waals surface area contributed by atoms with Crippen LogP contribution < -0.4 is 0 Å². The lowest BCUT2D eigenvalue weighted by atomic mass is 10.1. The topological polar surface area (TPSA) is 26.3 Å². The van der Waals surface area contributed by atoms with E-state index in [-0.39, 0.29) is 17.2 Å². The Labute approximate surface area is 86.6 Å². The Morgan fingerprint density at radius 3 is 2.86 bits per heavy atom. The summed E-state index contributed by atoms with van der Waals surface area (Å²) in [6.07, 6.45) is 0.252. The molecule has 1 aromatic rings. The normalized spacial score (nSPS) is 10.2. The summed E-state index contributed by atoms with van der Waals surface area (Å²) in [5, 5.41) is 0.145. The molecular weight excluding hydrogens is 207 g/mol. The lowest BCUT2D eigenvalue weighted by molar-refractivity contribution is 0.0932. The van der Waals surface area contributed by atoms with Crippen LogP contribution in [-0.4, -0.2) is 19.5 Å². The van der Waals surface area contributed by atoms with Gasteiger partial charge in [0.1, 0.15) is 5.82 Å². The van der Waals surface area contributed by atoms with Gasteiger partial charge in [-0.25, -0.2) is 4.39 Å². The van der Waals surface area contributed by atoms with E-state index in [1.165, 1.54) is 19.2 Å². The van der Waals surface area contributed by atoms with Crippen molar-refractivity contribution in [2.75, 3.05) is 13.7 Å². The summed E-state index contributed by atoms with van der Waals surface area (Å²) < 4.78 is 17.4. The van der Waals surface area contributed by atoms with Crippen molar-refractivity contribution in [2.45, 2.75) is 6.42 Å². The van der Waals surface area contributed by atoms with Gasteiger partial charge in [0.2, 0.25) is 0 Å². The minimum absolute atomic E-state index is 0.142. The van der Waals surface area contributed by atoms with E-state index in [0.29, 0.717) is 12.2 Å². The number of hydrogen-bond donors (Lipinski definition) is 0. The van der Waals surface area contributed by atoms with E-state index >= 15 is 0 Å². The first kappa shape index (κ1) is 11.1. The van der Waals surface area contributed by atoms with Crippen molar-refractivity contribution in [3.8, 4) is 0 Å². The number of benzene rings is 1. The summed E-state index contributed by atoms with van der Waals surface area (Å²) in [7, 11) is 1.51. The molecule has 0 saturated carbocycles. The molecule has 1 aromatic carbocycles. The quantitative estimate of drug-likeness (QED) is 0.724. The van der Waals surface area contributed by atoms with Crippen LogP contribution in [0.15, 0.2) is 18.2 Å². The predicted octanol–water partition coefficient (Wildman–Crippen LogP) is 2.70. The Balaban J connectivity index is 2.80. The van der Waals surface area contributed by atoms with Crippen LogP contribution in [0, 0.1) is 5.82 Å². The zero-order valence-corrected chi connectivity index (χ0v) is 8.47. The minimum Gasteiger partial charge on any atom is -0.384 e. The molecule has 0 bridgehead atoms. The summed E-state index contributed by atoms with van der Waals surface area (Å²) >= 11 is 5.70. The lowest BCUT2D eigenvalue weighted by Crippen LogP contribution is -2.04. The molecule has 0 heterocycles. The highest BCUT2D eigenvalue weighted by atomic mass is 35.5. The predicted molar refractivity (Wildman–Crippen MR) is 52.2 cm³/mol. The fourth-order valence-electron chi connectivity index (χ4n) is 1.05. The first-order valence-corrected chi connectivity index (χ1v) is 4.50. The third-order valence-electron chi connectivity index (χ3n) is 1.76. The first-order valence-electron chi connectivity index (χ1n) is 4.12. The van der Waals surface area contributed by atoms with Crippen LogP contribution in [0.4, 0.5) is 4.39 Å². The molecule has 0 aliphatic heterocycles. The van der Waals surface area contributed by atoms with Crippen molar-refractivity contribution in [2.24, 2.45) is 0 Å². The van der Waals surface area contributed by atoms with E-state index in [1.807, 2.05) is 0 Å². The molecule has 14 heavy (non-hydrogen) atoms. The van der Waals surface area contributed by atoms with Gasteiger partial charge < -0.3 is 4.74 Å². The van der Waals surface area contributed by atoms with Gasteiger partial charge in [-0.15, -0.1) is 0 Å². The van der Waals surface area contributed by atoms with Crippen molar-refractivity contribution < 1.29 is 13.9 Å². The van der Waals surface area contributed by atoms with Gasteiger partial charge in [-0.3, -0.25) is 4.79 Å². The van der Waals surface area contributed by atoms with Gasteiger partial charge in [0.05, 0.1) is 11.6 Å². The SMILES string of the molecule is COCCC(=O)c1ccc(F)cc1Cl. The smallest absolute Gasteiger partial charge is 0.166 e. The number of ether oxygens (including phenoxy) is 1. The molecule has 4 heteroatoms. The van der Waals surface area contributed by atoms with Crippen molar-refractivity contribution in [3.63, 3.8) is 0 Å². The van der Waals surface area contributed by atoms with Gasteiger partial charge in [-0.2, -0.15) is 0 Å². The zero-order valence-electron chi connectivity index (χ0n) is 7.72. The second-order valence-electron chi connectivity index (χ2n) is 2.79. The number of rotatable bonds is 4. The molecule has 0 aliphatic carbocycles. The van der Waals surface area contributed by atoms with Gasteiger partial charge in [0.25, 0.3) is 0 Å². The number of carbonyl (C=O) groups is 1. The molecule has 0 atom stereocenters. The summed E-state index contributed by atoms with van der Waals surface area (Å²) in [6, 6.07) is 3.73. The van der Waals surface area contributed by atoms with Crippen molar-refractivity contribution in [1.29, 1.82) is 0 Å². The molecule has 0 saturated heterocycles. The molecule has 0 aliphatic rings. The molecule has 0 unspecified atom stereocenters. The molecule has 2 nitrogen and oxygen atoms in total. The molecular formula is C10H10ClFO2. The number of hydrogen-bond acceptors (Lipinski definition) is 2. The zero-order chi connectivity index (χ0) is 10.6. The van der Waals surface area contributed by atoms with Crippen LogP contribution in [0.1, 0.15) is 16.8 Å². The molecule has 1 rings (SSSR count). The monoisotopic (exact) mass is 216 g/mol. The second kappa shape index (κ2) is 5.08. The third-order valence-corrected chi connectivity index (χ3v) is 2.08. The molecule has 0 radical (unpaired) electrons. The second-order valence-corrected chi connectivity index (χ2v) is 3.20. The molecule has 0 amide bonds. The fourth-order valence-corrected chi connectivity index (χ4v) is 1.32. The highest BCUT2D eigenvalue weighted by molar-refractivity contribution is 6.33. The number of Topliss-reactive ketones (excluding diaryl/α,β-unsaturated/α-hetero) is 1. The summed E-state index contributed by atoms with van der Waals surface area (Å²) in [6.45, 7) is 0.340. The van der Waals surface area contributed by atoms with Crippen molar-refractivity contribution in [1.82, 2.24) is 0 Å². The number of carbonyl (C=O) groups excluding carboxylic acids is 1. The Morgan fingerprint density at radius 2 is 2.29 bits per heavy atom. The van der Waals surface area contributed by atoms with E-state index in [2.05, 4.69) is 0 Å². The summed E-state index contributed by atoms with van der Waals surface area (Å²) in [5.41, 5.74) is 0.338. The van der Waals surface area contributed by atoms with Gasteiger partial charge in [-0.1, -0.05) is 11.6 Å². The molecule has 0 N–H and O–H groups in total. The Bertz CT molecular complexity index is 339. The van der Waals surface area contributed by atoms with E-state index in [9.17, 15) is 9.18 Å². The highest BCUT2D eigenvalue weighted by Crippen LogP contribution is 2.18. The van der Waals surface area contributed by atoms with Crippen molar-refractivity contribution >= 4 is 17.4 Å². The van der Waals surface area contributed by atoms with Gasteiger partial charge in [0, 0.05) is 19.1 Å². The van der Waals surface area contributed by atoms with Crippen molar-refractivity contribution in [3.05, 3.63) is 34.6 Å². The average molecular weight is 217 g/mol. The molecule has 0 fully saturated rings. The molecule has 0 spiro atoms. The average Bonchev–Trinajstić information content (AvgIpc) is 2.14. The minimum atomic E-state index is -0.446. The number of halogens is 2. The van der Waals surface area contributed by atoms with Crippen LogP contribution in [0.5, 0.6) is 0 Å². The fraction of sp³-hybridized carbons (Fsp3) is 0.300. The third kappa shape index (κ3) is 2.79. The van der Waals surface area contributed by atoms with E-state index < -0.39 is 5.82 Å². The van der Waals surface area contributed by atoms with Crippen LogP contribution >= 0.6 is 11.6 Å². The summed E-state index contributed by atoms with van der Waals surface area (Å²) in [5.74, 6) is -0.588. The van der Waals surface area contributed by atoms with E-state index in [4.69, 9.17) is 16.3 Å². The summed E-state index contributed by atoms with van der Waals surface area (Å²) in [4.78, 5) is 11.4. The standard InChI is InChI=1S/C10H10ClFO2/c1-14-5-4-10(13)8-3-2-7(12)6-9(8)11/h2-3,6H,4-5H2,1H3. The maximum atomic E-state index is 12.6. The maximum absolute atomic E-state index is 12.6. The first-order chi connectivity index (χ1) is 6.65.